The summed E-state index contributed by atoms with van der Waals surface area (Å²) in [5.74, 6) is -0.826. The Morgan fingerprint density at radius 1 is 1.24 bits per heavy atom. The van der Waals surface area contributed by atoms with Crippen LogP contribution < -0.4 is 11.3 Å². The fourth-order valence-corrected chi connectivity index (χ4v) is 2.29. The molecule has 0 spiro atoms. The molecule has 2 rings (SSSR count). The summed E-state index contributed by atoms with van der Waals surface area (Å²) in [7, 11) is 0. The van der Waals surface area contributed by atoms with E-state index >= 15 is 0 Å². The lowest BCUT2D eigenvalue weighted by Crippen LogP contribution is -2.23. The van der Waals surface area contributed by atoms with Crippen LogP contribution in [0.3, 0.4) is 0 Å². The number of nitrogens with two attached hydrogens (primary N) is 1. The van der Waals surface area contributed by atoms with Gasteiger partial charge in [-0.3, -0.25) is 4.79 Å². The molecule has 1 heterocycles. The summed E-state index contributed by atoms with van der Waals surface area (Å²) in [4.78, 5) is 11.8. The van der Waals surface area contributed by atoms with Gasteiger partial charge >= 0.3 is 6.18 Å². The molecule has 1 aromatic carbocycles. The second kappa shape index (κ2) is 5.51. The molecule has 0 saturated carbocycles. The largest absolute Gasteiger partial charge is 0.416 e. The molecule has 0 fully saturated rings. The van der Waals surface area contributed by atoms with Crippen LogP contribution in [0.2, 0.25) is 0 Å². The van der Waals surface area contributed by atoms with Crippen molar-refractivity contribution >= 4 is 21.6 Å². The molecule has 0 aliphatic rings. The third-order valence-corrected chi connectivity index (χ3v) is 3.23. The molecule has 0 aliphatic carbocycles. The van der Waals surface area contributed by atoms with Crippen molar-refractivity contribution in [2.75, 3.05) is 5.73 Å². The van der Waals surface area contributed by atoms with Crippen molar-refractivity contribution in [2.24, 2.45) is 0 Å². The SMILES string of the molecule is Nc1cc(Br)cn(Cc2cc(C(F)(F)F)ccc2F)c1=O. The minimum atomic E-state index is -4.58. The maximum atomic E-state index is 13.7. The Kier molecular flexibility index (Phi) is 4.08. The highest BCUT2D eigenvalue weighted by Crippen LogP contribution is 2.30. The lowest BCUT2D eigenvalue weighted by molar-refractivity contribution is -0.137. The summed E-state index contributed by atoms with van der Waals surface area (Å²) in [6, 6.07) is 3.42. The molecule has 21 heavy (non-hydrogen) atoms. The van der Waals surface area contributed by atoms with Crippen LogP contribution in [0.1, 0.15) is 11.1 Å². The molecule has 2 N–H and O–H groups in total. The molecule has 0 saturated heterocycles. The van der Waals surface area contributed by atoms with Crippen LogP contribution in [0.4, 0.5) is 23.2 Å². The van der Waals surface area contributed by atoms with Crippen molar-refractivity contribution in [3.8, 4) is 0 Å². The first-order valence-electron chi connectivity index (χ1n) is 5.69. The number of anilines is 1. The number of benzene rings is 1. The van der Waals surface area contributed by atoms with Crippen LogP contribution in [0.5, 0.6) is 0 Å². The average Bonchev–Trinajstić information content (AvgIpc) is 2.36. The minimum Gasteiger partial charge on any atom is -0.394 e. The standard InChI is InChI=1S/C13H9BrF4N2O/c14-9-4-11(19)12(21)20(6-9)5-7-3-8(13(16,17)18)1-2-10(7)15/h1-4,6H,5,19H2. The molecule has 0 bridgehead atoms. The highest BCUT2D eigenvalue weighted by atomic mass is 79.9. The quantitative estimate of drug-likeness (QED) is 0.830. The monoisotopic (exact) mass is 364 g/mol. The molecule has 8 heteroatoms. The number of aromatic nitrogens is 1. The van der Waals surface area contributed by atoms with Crippen molar-refractivity contribution in [1.29, 1.82) is 0 Å². The summed E-state index contributed by atoms with van der Waals surface area (Å²) in [6.45, 7) is -0.349. The van der Waals surface area contributed by atoms with Crippen LogP contribution in [0, 0.1) is 5.82 Å². The molecule has 0 amide bonds. The van der Waals surface area contributed by atoms with Gasteiger partial charge in [0.25, 0.3) is 5.56 Å². The van der Waals surface area contributed by atoms with Gasteiger partial charge in [0.1, 0.15) is 5.82 Å². The van der Waals surface area contributed by atoms with Crippen molar-refractivity contribution in [3.05, 3.63) is 62.2 Å². The van der Waals surface area contributed by atoms with Crippen molar-refractivity contribution in [3.63, 3.8) is 0 Å². The zero-order chi connectivity index (χ0) is 15.8. The summed E-state index contributed by atoms with van der Waals surface area (Å²) in [6.07, 6.45) is -3.25. The number of nitrogen functional groups attached to an aromatic ring is 1. The van der Waals surface area contributed by atoms with Crippen LogP contribution in [-0.2, 0) is 12.7 Å². The van der Waals surface area contributed by atoms with Gasteiger partial charge in [-0.15, -0.1) is 0 Å². The van der Waals surface area contributed by atoms with Gasteiger partial charge in [0.05, 0.1) is 17.8 Å². The highest BCUT2D eigenvalue weighted by molar-refractivity contribution is 9.10. The van der Waals surface area contributed by atoms with Gasteiger partial charge in [0, 0.05) is 16.2 Å². The maximum absolute atomic E-state index is 13.7. The Hall–Kier alpha value is -1.83. The fourth-order valence-electron chi connectivity index (χ4n) is 1.79. The smallest absolute Gasteiger partial charge is 0.394 e. The van der Waals surface area contributed by atoms with Gasteiger partial charge in [0.15, 0.2) is 0 Å². The second-order valence-electron chi connectivity index (χ2n) is 4.35. The lowest BCUT2D eigenvalue weighted by Gasteiger charge is -2.12. The minimum absolute atomic E-state index is 0.0863. The number of halogens is 5. The number of nitrogens with zero attached hydrogens (tertiary/aromatic N) is 1. The van der Waals surface area contributed by atoms with E-state index in [1.54, 1.807) is 0 Å². The third-order valence-electron chi connectivity index (χ3n) is 2.79. The molecule has 2 aromatic rings. The zero-order valence-corrected chi connectivity index (χ0v) is 12.0. The van der Waals surface area contributed by atoms with Crippen LogP contribution in [0.15, 0.2) is 39.7 Å². The highest BCUT2D eigenvalue weighted by Gasteiger charge is 2.31. The van der Waals surface area contributed by atoms with E-state index < -0.39 is 23.1 Å². The maximum Gasteiger partial charge on any atom is 0.416 e. The van der Waals surface area contributed by atoms with Crippen LogP contribution in [0.25, 0.3) is 0 Å². The van der Waals surface area contributed by atoms with Crippen molar-refractivity contribution < 1.29 is 17.6 Å². The first kappa shape index (κ1) is 15.6. The Bertz CT molecular complexity index is 740. The van der Waals surface area contributed by atoms with E-state index in [4.69, 9.17) is 5.73 Å². The third kappa shape index (κ3) is 3.44. The first-order valence-corrected chi connectivity index (χ1v) is 6.49. The molecule has 0 aliphatic heterocycles. The Morgan fingerprint density at radius 2 is 1.90 bits per heavy atom. The van der Waals surface area contributed by atoms with Crippen LogP contribution >= 0.6 is 15.9 Å². The molecule has 1 aromatic heterocycles. The Balaban J connectivity index is 2.47. The summed E-state index contributed by atoms with van der Waals surface area (Å²) in [5.41, 5.74) is 3.56. The average molecular weight is 365 g/mol. The van der Waals surface area contributed by atoms with E-state index in [-0.39, 0.29) is 17.8 Å². The fraction of sp³-hybridized carbons (Fsp3) is 0.154. The number of hydrogen-bond donors (Lipinski definition) is 1. The van der Waals surface area contributed by atoms with Gasteiger partial charge in [0.2, 0.25) is 0 Å². The van der Waals surface area contributed by atoms with E-state index in [1.807, 2.05) is 0 Å². The molecule has 0 radical (unpaired) electrons. The normalized spacial score (nSPS) is 11.7. The summed E-state index contributed by atoms with van der Waals surface area (Å²) < 4.78 is 53.0. The van der Waals surface area contributed by atoms with Gasteiger partial charge in [-0.05, 0) is 40.2 Å². The number of alkyl halides is 3. The molecular weight excluding hydrogens is 356 g/mol. The van der Waals surface area contributed by atoms with Crippen molar-refractivity contribution in [1.82, 2.24) is 4.57 Å². The number of rotatable bonds is 2. The van der Waals surface area contributed by atoms with Gasteiger partial charge in [-0.25, -0.2) is 4.39 Å². The van der Waals surface area contributed by atoms with Gasteiger partial charge < -0.3 is 10.3 Å². The molecule has 0 atom stereocenters. The second-order valence-corrected chi connectivity index (χ2v) is 5.27. The predicted molar refractivity (Wildman–Crippen MR) is 73.3 cm³/mol. The van der Waals surface area contributed by atoms with Gasteiger partial charge in [-0.1, -0.05) is 0 Å². The lowest BCUT2D eigenvalue weighted by atomic mass is 10.1. The number of hydrogen-bond acceptors (Lipinski definition) is 2. The van der Waals surface area contributed by atoms with E-state index in [1.165, 1.54) is 12.3 Å². The molecule has 0 unspecified atom stereocenters. The Labute approximate surface area is 125 Å². The van der Waals surface area contributed by atoms with Crippen molar-refractivity contribution in [2.45, 2.75) is 12.7 Å². The van der Waals surface area contributed by atoms with Gasteiger partial charge in [-0.2, -0.15) is 13.2 Å². The number of pyridine rings is 1. The molecule has 3 nitrogen and oxygen atoms in total. The molecular formula is C13H9BrF4N2O. The summed E-state index contributed by atoms with van der Waals surface area (Å²) in [5, 5.41) is 0. The van der Waals surface area contributed by atoms with Crippen LogP contribution in [-0.4, -0.2) is 4.57 Å². The van der Waals surface area contributed by atoms with E-state index in [0.29, 0.717) is 16.6 Å². The topological polar surface area (TPSA) is 48.0 Å². The van der Waals surface area contributed by atoms with E-state index in [9.17, 15) is 22.4 Å². The first-order chi connectivity index (χ1) is 9.68. The van der Waals surface area contributed by atoms with E-state index in [2.05, 4.69) is 15.9 Å². The zero-order valence-electron chi connectivity index (χ0n) is 10.4. The predicted octanol–water partition coefficient (Wildman–Crippen LogP) is 3.40. The van der Waals surface area contributed by atoms with E-state index in [0.717, 1.165) is 10.6 Å². The summed E-state index contributed by atoms with van der Waals surface area (Å²) >= 11 is 3.11. The Morgan fingerprint density at radius 3 is 2.52 bits per heavy atom. The molecule has 112 valence electrons.